The van der Waals surface area contributed by atoms with Gasteiger partial charge in [-0.15, -0.1) is 0 Å². The Labute approximate surface area is 391 Å². The first-order valence-electron chi connectivity index (χ1n) is 24.4. The van der Waals surface area contributed by atoms with Crippen LogP contribution in [0, 0.1) is 56.7 Å². The number of hydrogen-bond donors (Lipinski definition) is 11. The fourth-order valence-corrected chi connectivity index (χ4v) is 15.8. The minimum absolute atomic E-state index is 0.0531. The second-order valence-electron chi connectivity index (χ2n) is 22.8. The summed E-state index contributed by atoms with van der Waals surface area (Å²) in [6.45, 7) is 15.0. The van der Waals surface area contributed by atoms with E-state index in [1.165, 1.54) is 6.92 Å². The van der Waals surface area contributed by atoms with E-state index in [1.54, 1.807) is 0 Å². The van der Waals surface area contributed by atoms with Crippen LogP contribution in [-0.2, 0) is 38.0 Å². The largest absolute Gasteiger partial charge is 0.481 e. The average molecular weight is 957 g/mol. The molecule has 5 aliphatic carbocycles. The SMILES string of the molecule is C=C(C)C1CCC2(C(=O)OC3OC(COC4OC(CO)C(O)C(O)C4O)C(O)C(OC4OC(C)C(O)C(O)C4O)C3O)CCC3(C(=O)O)C(CCC4C5(C)CCC(O)C(C)(C)C5CCC43C)C12. The van der Waals surface area contributed by atoms with Crippen molar-refractivity contribution in [2.24, 2.45) is 56.7 Å². The Balaban J connectivity index is 1.10. The maximum Gasteiger partial charge on any atom is 0.314 e. The van der Waals surface area contributed by atoms with Gasteiger partial charge in [-0.25, -0.2) is 0 Å². The molecule has 0 aromatic carbocycles. The first-order valence-corrected chi connectivity index (χ1v) is 24.4. The number of aliphatic carboxylic acids is 1. The van der Waals surface area contributed by atoms with E-state index >= 15 is 4.79 Å². The van der Waals surface area contributed by atoms with Gasteiger partial charge in [0.25, 0.3) is 0 Å². The number of ether oxygens (including phenoxy) is 6. The monoisotopic (exact) mass is 956 g/mol. The average Bonchev–Trinajstić information content (AvgIpc) is 3.69. The highest BCUT2D eigenvalue weighted by molar-refractivity contribution is 5.81. The van der Waals surface area contributed by atoms with Crippen LogP contribution >= 0.6 is 0 Å². The van der Waals surface area contributed by atoms with Crippen LogP contribution in [0.15, 0.2) is 12.2 Å². The lowest BCUT2D eigenvalue weighted by molar-refractivity contribution is -0.361. The zero-order valence-electron chi connectivity index (χ0n) is 39.5. The first kappa shape index (κ1) is 51.4. The summed E-state index contributed by atoms with van der Waals surface area (Å²) >= 11 is 0. The molecule has 0 amide bonds. The van der Waals surface area contributed by atoms with Gasteiger partial charge in [-0.1, -0.05) is 39.8 Å². The Hall–Kier alpha value is -1.92. The lowest BCUT2D eigenvalue weighted by Crippen LogP contribution is -2.70. The third kappa shape index (κ3) is 7.79. The smallest absolute Gasteiger partial charge is 0.314 e. The molecule has 8 fully saturated rings. The number of rotatable bonds is 10. The molecule has 0 bridgehead atoms. The molecule has 11 N–H and O–H groups in total. The van der Waals surface area contributed by atoms with E-state index < -0.39 is 151 Å². The molecule has 3 heterocycles. The fourth-order valence-electron chi connectivity index (χ4n) is 15.8. The molecule has 0 radical (unpaired) electrons. The van der Waals surface area contributed by atoms with E-state index in [2.05, 4.69) is 34.3 Å². The predicted octanol–water partition coefficient (Wildman–Crippen LogP) is 0.0887. The normalized spacial score (nSPS) is 53.9. The van der Waals surface area contributed by atoms with Crippen molar-refractivity contribution >= 4 is 11.9 Å². The van der Waals surface area contributed by atoms with E-state index in [0.29, 0.717) is 32.1 Å². The van der Waals surface area contributed by atoms with Crippen molar-refractivity contribution in [3.63, 3.8) is 0 Å². The van der Waals surface area contributed by atoms with Crippen molar-refractivity contribution in [3.05, 3.63) is 12.2 Å². The maximum atomic E-state index is 15.3. The van der Waals surface area contributed by atoms with Gasteiger partial charge < -0.3 is 84.6 Å². The molecule has 19 heteroatoms. The van der Waals surface area contributed by atoms with Crippen LogP contribution in [0.25, 0.3) is 0 Å². The van der Waals surface area contributed by atoms with Crippen molar-refractivity contribution in [2.45, 2.75) is 204 Å². The van der Waals surface area contributed by atoms with E-state index in [0.717, 1.165) is 24.8 Å². The van der Waals surface area contributed by atoms with Gasteiger partial charge in [-0.05, 0) is 124 Å². The van der Waals surface area contributed by atoms with Gasteiger partial charge in [0, 0.05) is 0 Å². The number of aliphatic hydroxyl groups is 10. The van der Waals surface area contributed by atoms with Gasteiger partial charge in [0.15, 0.2) is 12.6 Å². The zero-order valence-corrected chi connectivity index (χ0v) is 39.5. The first-order chi connectivity index (χ1) is 31.3. The summed E-state index contributed by atoms with van der Waals surface area (Å²) in [6, 6.07) is 0. The second-order valence-corrected chi connectivity index (χ2v) is 22.8. The number of carboxylic acid groups (broad SMARTS) is 1. The van der Waals surface area contributed by atoms with Crippen molar-refractivity contribution in [2.75, 3.05) is 13.2 Å². The molecule has 25 unspecified atom stereocenters. The van der Waals surface area contributed by atoms with Crippen molar-refractivity contribution in [3.8, 4) is 0 Å². The van der Waals surface area contributed by atoms with Crippen molar-refractivity contribution in [1.29, 1.82) is 0 Å². The summed E-state index contributed by atoms with van der Waals surface area (Å²) in [6.07, 6.45) is -20.4. The zero-order chi connectivity index (χ0) is 49.1. The summed E-state index contributed by atoms with van der Waals surface area (Å²) < 4.78 is 35.1. The number of carbonyl (C=O) groups excluding carboxylic acids is 1. The quantitative estimate of drug-likeness (QED) is 0.102. The molecule has 3 aliphatic heterocycles. The van der Waals surface area contributed by atoms with Crippen LogP contribution in [0.4, 0.5) is 0 Å². The summed E-state index contributed by atoms with van der Waals surface area (Å²) in [5.74, 6) is -2.59. The Morgan fingerprint density at radius 3 is 1.99 bits per heavy atom. The Morgan fingerprint density at radius 1 is 0.672 bits per heavy atom. The van der Waals surface area contributed by atoms with Gasteiger partial charge >= 0.3 is 11.9 Å². The molecular formula is C48H76O19. The van der Waals surface area contributed by atoms with Crippen LogP contribution in [0.5, 0.6) is 0 Å². The second kappa shape index (κ2) is 18.3. The molecule has 0 aromatic rings. The highest BCUT2D eigenvalue weighted by atomic mass is 16.8. The Morgan fingerprint density at radius 2 is 1.33 bits per heavy atom. The van der Waals surface area contributed by atoms with Gasteiger partial charge in [-0.2, -0.15) is 0 Å². The molecule has 3 saturated heterocycles. The predicted molar refractivity (Wildman–Crippen MR) is 231 cm³/mol. The van der Waals surface area contributed by atoms with Gasteiger partial charge in [0.05, 0.1) is 36.3 Å². The molecular weight excluding hydrogens is 881 g/mol. The number of carbonyl (C=O) groups is 2. The topological polar surface area (TPSA) is 312 Å². The molecule has 5 saturated carbocycles. The molecule has 0 spiro atoms. The van der Waals surface area contributed by atoms with Crippen LogP contribution in [-0.4, -0.2) is 180 Å². The molecule has 25 atom stereocenters. The molecule has 8 rings (SSSR count). The summed E-state index contributed by atoms with van der Waals surface area (Å²) in [5, 5.41) is 119. The van der Waals surface area contributed by atoms with Crippen LogP contribution in [0.3, 0.4) is 0 Å². The molecule has 0 aromatic heterocycles. The minimum atomic E-state index is -1.98. The van der Waals surface area contributed by atoms with Gasteiger partial charge in [0.1, 0.15) is 67.1 Å². The number of allylic oxidation sites excluding steroid dienone is 1. The summed E-state index contributed by atoms with van der Waals surface area (Å²) in [4.78, 5) is 29.6. The number of carboxylic acids is 1. The van der Waals surface area contributed by atoms with E-state index in [4.69, 9.17) is 28.4 Å². The number of esters is 1. The third-order valence-electron chi connectivity index (χ3n) is 19.5. The Bertz CT molecular complexity index is 1850. The lowest BCUT2D eigenvalue weighted by Gasteiger charge is -2.71. The number of fused-ring (bicyclic) bond motifs is 7. The van der Waals surface area contributed by atoms with E-state index in [-0.39, 0.29) is 41.4 Å². The number of aliphatic hydroxyl groups excluding tert-OH is 10. The molecule has 382 valence electrons. The van der Waals surface area contributed by atoms with E-state index in [9.17, 15) is 61.0 Å². The molecule has 8 aliphatic rings. The lowest BCUT2D eigenvalue weighted by atomic mass is 9.32. The van der Waals surface area contributed by atoms with Gasteiger partial charge in [-0.3, -0.25) is 9.59 Å². The third-order valence-corrected chi connectivity index (χ3v) is 19.5. The fraction of sp³-hybridized carbons (Fsp3) is 0.917. The maximum absolute atomic E-state index is 15.3. The van der Waals surface area contributed by atoms with Crippen LogP contribution in [0.1, 0.15) is 106 Å². The summed E-state index contributed by atoms with van der Waals surface area (Å²) in [7, 11) is 0. The highest BCUT2D eigenvalue weighted by Gasteiger charge is 2.76. The minimum Gasteiger partial charge on any atom is -0.481 e. The van der Waals surface area contributed by atoms with Gasteiger partial charge in [0.2, 0.25) is 6.29 Å². The van der Waals surface area contributed by atoms with Crippen LogP contribution < -0.4 is 0 Å². The summed E-state index contributed by atoms with van der Waals surface area (Å²) in [5.41, 5.74) is -2.83. The Kier molecular flexibility index (Phi) is 14.0. The van der Waals surface area contributed by atoms with Crippen LogP contribution in [0.2, 0.25) is 0 Å². The number of hydrogen-bond acceptors (Lipinski definition) is 18. The molecule has 19 nitrogen and oxygen atoms in total. The van der Waals surface area contributed by atoms with Crippen molar-refractivity contribution in [1.82, 2.24) is 0 Å². The highest BCUT2D eigenvalue weighted by Crippen LogP contribution is 2.78. The standard InChI is InChI=1S/C48H76O19/c1-20(2)22-10-15-47(16-17-48(42(59)60)23(29(22)47)8-9-27-45(6)13-12-28(50)44(4,5)26(45)11-14-46(27,48)7)43(61)67-41-37(58)38(66-40-36(57)33(54)30(51)21(3)63-40)32(53)25(65-41)19-62-39-35(56)34(55)31(52)24(18-49)64-39/h21-41,49-58H,1,8-19H2,2-7H3,(H,59,60). The van der Waals surface area contributed by atoms with E-state index in [1.807, 2.05) is 6.92 Å². The molecule has 67 heavy (non-hydrogen) atoms. The van der Waals surface area contributed by atoms with Crippen molar-refractivity contribution < 1.29 is 94.2 Å².